The molecule has 4 rings (SSSR count). The van der Waals surface area contributed by atoms with E-state index in [1.807, 2.05) is 0 Å². The lowest BCUT2D eigenvalue weighted by Crippen LogP contribution is -2.63. The maximum atomic E-state index is 11.7. The van der Waals surface area contributed by atoms with Crippen LogP contribution in [0.4, 0.5) is 0 Å². The summed E-state index contributed by atoms with van der Waals surface area (Å²) in [5.74, 6) is 0.788. The Kier molecular flexibility index (Phi) is 12.2. The zero-order chi connectivity index (χ0) is 34.3. The van der Waals surface area contributed by atoms with Crippen molar-refractivity contribution >= 4 is 17.5 Å². The van der Waals surface area contributed by atoms with Crippen molar-refractivity contribution in [1.82, 2.24) is 30.3 Å². The first-order valence-corrected chi connectivity index (χ1v) is 15.4. The number of pyridine rings is 2. The van der Waals surface area contributed by atoms with Gasteiger partial charge in [0.1, 0.15) is 52.2 Å². The lowest BCUT2D eigenvalue weighted by molar-refractivity contribution is -0.166. The molecule has 3 aromatic rings. The van der Waals surface area contributed by atoms with Crippen molar-refractivity contribution in [3.8, 4) is 23.0 Å². The molecule has 47 heavy (non-hydrogen) atoms. The fraction of sp³-hybridized carbons (Fsp3) is 0.517. The van der Waals surface area contributed by atoms with Gasteiger partial charge in [0.2, 0.25) is 11.8 Å². The maximum Gasteiger partial charge on any atom is 0.212 e. The van der Waals surface area contributed by atoms with E-state index < -0.39 is 59.6 Å². The second kappa shape index (κ2) is 15.9. The fourth-order valence-corrected chi connectivity index (χ4v) is 6.35. The van der Waals surface area contributed by atoms with Crippen LogP contribution >= 0.6 is 11.8 Å². The van der Waals surface area contributed by atoms with E-state index in [4.69, 9.17) is 24.5 Å². The SMILES string of the molecule is COc1ccc(/C(=C/NC2C(O)C(SC(C)(OC)C(O)C(C(C)O)n3cc(-c4ccc(OC)nc4)nn3)OC(CO)[C@@H]2O)N=N)cn1. The van der Waals surface area contributed by atoms with Crippen LogP contribution in [0, 0.1) is 5.53 Å². The van der Waals surface area contributed by atoms with Crippen molar-refractivity contribution in [2.24, 2.45) is 5.11 Å². The number of hydrogen-bond acceptors (Lipinski definition) is 17. The highest BCUT2D eigenvalue weighted by atomic mass is 32.2. The smallest absolute Gasteiger partial charge is 0.212 e. The van der Waals surface area contributed by atoms with Gasteiger partial charge in [-0.05, 0) is 26.0 Å². The van der Waals surface area contributed by atoms with E-state index in [0.29, 0.717) is 28.6 Å². The molecule has 9 atom stereocenters. The van der Waals surface area contributed by atoms with Gasteiger partial charge in [0.25, 0.3) is 0 Å². The Labute approximate surface area is 275 Å². The summed E-state index contributed by atoms with van der Waals surface area (Å²) >= 11 is 0.889. The van der Waals surface area contributed by atoms with E-state index in [9.17, 15) is 25.5 Å². The maximum absolute atomic E-state index is 11.7. The first-order valence-electron chi connectivity index (χ1n) is 14.5. The van der Waals surface area contributed by atoms with Crippen LogP contribution in [0.15, 0.2) is 54.2 Å². The second-order valence-electron chi connectivity index (χ2n) is 10.8. The Bertz CT molecular complexity index is 1480. The summed E-state index contributed by atoms with van der Waals surface area (Å²) in [6.07, 6.45) is -0.659. The molecular weight excluding hydrogens is 636 g/mol. The minimum absolute atomic E-state index is 0.144. The van der Waals surface area contributed by atoms with Gasteiger partial charge in [-0.15, -0.1) is 5.10 Å². The van der Waals surface area contributed by atoms with Gasteiger partial charge in [-0.2, -0.15) is 5.11 Å². The average molecular weight is 677 g/mol. The quantitative estimate of drug-likeness (QED) is 0.0859. The molecule has 1 aliphatic rings. The van der Waals surface area contributed by atoms with E-state index in [-0.39, 0.29) is 5.70 Å². The molecular formula is C29H40N8O9S. The summed E-state index contributed by atoms with van der Waals surface area (Å²) in [7, 11) is 4.32. The van der Waals surface area contributed by atoms with Crippen LogP contribution < -0.4 is 14.8 Å². The standard InChI is InChI=1S/C29H40N8O9S/c1-15(39)24(37-13-19(35-36-37)17-7-9-22(44-4)32-11-17)27(42)29(2,45-5)47-28-26(41)23(25(40)20(14-38)46-28)33-12-18(34-30)16-6-8-21(43-3)31-10-16/h6-13,15,20,23-28,30,33,38-42H,14H2,1-5H3/b18-12-,34-30?/t15?,20?,23?,24?,25-,26?,27?,28?,29?/m0/s1. The number of aliphatic hydroxyl groups excluding tert-OH is 5. The molecule has 8 unspecified atom stereocenters. The molecule has 0 aliphatic carbocycles. The van der Waals surface area contributed by atoms with Gasteiger partial charge in [-0.3, -0.25) is 0 Å². The number of methoxy groups -OCH3 is 3. The van der Waals surface area contributed by atoms with Gasteiger partial charge in [-0.25, -0.2) is 20.2 Å². The van der Waals surface area contributed by atoms with Crippen molar-refractivity contribution in [1.29, 1.82) is 5.53 Å². The van der Waals surface area contributed by atoms with E-state index >= 15 is 0 Å². The van der Waals surface area contributed by atoms with Gasteiger partial charge in [0, 0.05) is 49.0 Å². The molecule has 0 aromatic carbocycles. The van der Waals surface area contributed by atoms with Crippen molar-refractivity contribution in [2.75, 3.05) is 27.9 Å². The summed E-state index contributed by atoms with van der Waals surface area (Å²) in [6, 6.07) is 4.45. The van der Waals surface area contributed by atoms with Crippen LogP contribution in [0.25, 0.3) is 17.0 Å². The molecule has 17 nitrogen and oxygen atoms in total. The minimum atomic E-state index is -1.54. The predicted octanol–water partition coefficient (Wildman–Crippen LogP) is 0.558. The molecule has 3 aromatic heterocycles. The lowest BCUT2D eigenvalue weighted by atomic mass is 9.97. The monoisotopic (exact) mass is 676 g/mol. The molecule has 1 aliphatic heterocycles. The van der Waals surface area contributed by atoms with Crippen LogP contribution in [-0.4, -0.2) is 125 Å². The molecule has 1 saturated heterocycles. The number of ether oxygens (including phenoxy) is 4. The van der Waals surface area contributed by atoms with E-state index in [1.165, 1.54) is 45.3 Å². The zero-order valence-electron chi connectivity index (χ0n) is 26.4. The molecule has 18 heteroatoms. The van der Waals surface area contributed by atoms with Crippen LogP contribution in [0.2, 0.25) is 0 Å². The molecule has 1 fully saturated rings. The topological polar surface area (TPSA) is 243 Å². The van der Waals surface area contributed by atoms with E-state index in [2.05, 4.69) is 30.7 Å². The number of hydrogen-bond donors (Lipinski definition) is 7. The van der Waals surface area contributed by atoms with Crippen LogP contribution in [0.1, 0.15) is 25.5 Å². The van der Waals surface area contributed by atoms with Crippen LogP contribution in [-0.2, 0) is 9.47 Å². The fourth-order valence-electron chi connectivity index (χ4n) is 5.01. The molecule has 0 amide bonds. The molecule has 4 heterocycles. The molecule has 7 N–H and O–H groups in total. The van der Waals surface area contributed by atoms with Gasteiger partial charge < -0.3 is 49.8 Å². The number of thioether (sulfide) groups is 1. The summed E-state index contributed by atoms with van der Waals surface area (Å²) in [5, 5.41) is 69.6. The number of nitrogens with one attached hydrogen (secondary N) is 2. The highest BCUT2D eigenvalue weighted by molar-refractivity contribution is 8.01. The lowest BCUT2D eigenvalue weighted by Gasteiger charge is -2.46. The number of nitrogens with zero attached hydrogens (tertiary/aromatic N) is 6. The molecule has 0 bridgehead atoms. The normalized spacial score (nSPS) is 24.9. The minimum Gasteiger partial charge on any atom is -0.481 e. The molecule has 256 valence electrons. The van der Waals surface area contributed by atoms with Crippen molar-refractivity contribution in [2.45, 2.75) is 66.8 Å². The van der Waals surface area contributed by atoms with E-state index in [1.54, 1.807) is 43.6 Å². The highest BCUT2D eigenvalue weighted by Gasteiger charge is 2.50. The summed E-state index contributed by atoms with van der Waals surface area (Å²) in [4.78, 5) is 6.73. The third-order valence-electron chi connectivity index (χ3n) is 7.83. The summed E-state index contributed by atoms with van der Waals surface area (Å²) < 4.78 is 23.1. The first kappa shape index (κ1) is 36.1. The Hall–Kier alpha value is -3.75. The number of rotatable bonds is 15. The van der Waals surface area contributed by atoms with Gasteiger partial charge >= 0.3 is 0 Å². The van der Waals surface area contributed by atoms with Gasteiger partial charge in [0.15, 0.2) is 0 Å². The van der Waals surface area contributed by atoms with Crippen molar-refractivity contribution in [3.63, 3.8) is 0 Å². The van der Waals surface area contributed by atoms with Crippen molar-refractivity contribution in [3.05, 3.63) is 54.6 Å². The largest absolute Gasteiger partial charge is 0.481 e. The summed E-state index contributed by atoms with van der Waals surface area (Å²) in [6.45, 7) is 2.44. The Morgan fingerprint density at radius 1 is 1.13 bits per heavy atom. The Morgan fingerprint density at radius 3 is 2.34 bits per heavy atom. The molecule has 0 radical (unpaired) electrons. The van der Waals surface area contributed by atoms with Gasteiger partial charge in [0.05, 0.1) is 39.2 Å². The summed E-state index contributed by atoms with van der Waals surface area (Å²) in [5.41, 5.74) is 8.12. The van der Waals surface area contributed by atoms with Crippen LogP contribution in [0.3, 0.4) is 0 Å². The Morgan fingerprint density at radius 2 is 1.81 bits per heavy atom. The van der Waals surface area contributed by atoms with E-state index in [0.717, 1.165) is 11.8 Å². The average Bonchev–Trinajstić information content (AvgIpc) is 3.57. The second-order valence-corrected chi connectivity index (χ2v) is 12.3. The highest BCUT2D eigenvalue weighted by Crippen LogP contribution is 2.42. The Balaban J connectivity index is 1.56. The zero-order valence-corrected chi connectivity index (χ0v) is 27.2. The van der Waals surface area contributed by atoms with Gasteiger partial charge in [-0.1, -0.05) is 17.0 Å². The van der Waals surface area contributed by atoms with Crippen molar-refractivity contribution < 1.29 is 44.5 Å². The third-order valence-corrected chi connectivity index (χ3v) is 9.32. The number of aliphatic hydroxyl groups is 5. The predicted molar refractivity (Wildman–Crippen MR) is 168 cm³/mol. The van der Waals surface area contributed by atoms with Crippen LogP contribution in [0.5, 0.6) is 11.8 Å². The number of aromatic nitrogens is 5. The molecule has 0 spiro atoms. The third kappa shape index (κ3) is 8.04. The first-order chi connectivity index (χ1) is 22.5. The molecule has 0 saturated carbocycles.